The first kappa shape index (κ1) is 14.5. The summed E-state index contributed by atoms with van der Waals surface area (Å²) in [6.07, 6.45) is -3.02. The lowest BCUT2D eigenvalue weighted by molar-refractivity contribution is -0.237. The van der Waals surface area contributed by atoms with Crippen molar-refractivity contribution in [1.82, 2.24) is 0 Å². The van der Waals surface area contributed by atoms with Crippen molar-refractivity contribution in [1.29, 1.82) is 0 Å². The molecule has 6 nitrogen and oxygen atoms in total. The minimum absolute atomic E-state index is 0.324. The molecule has 4 unspecified atom stereocenters. The molecule has 114 valence electrons. The van der Waals surface area contributed by atoms with Crippen LogP contribution in [0.5, 0.6) is 0 Å². The molecule has 0 radical (unpaired) electrons. The molecular weight excluding hydrogens is 276 g/mol. The quantitative estimate of drug-likeness (QED) is 0.908. The lowest BCUT2D eigenvalue weighted by Crippen LogP contribution is -2.35. The van der Waals surface area contributed by atoms with Crippen LogP contribution in [0.25, 0.3) is 0 Å². The molecule has 0 bridgehead atoms. The van der Waals surface area contributed by atoms with Crippen LogP contribution in [-0.2, 0) is 30.3 Å². The van der Waals surface area contributed by atoms with Gasteiger partial charge in [0.1, 0.15) is 12.2 Å². The zero-order valence-electron chi connectivity index (χ0n) is 11.9. The van der Waals surface area contributed by atoms with E-state index in [-0.39, 0.29) is 0 Å². The number of hydrogen-bond donors (Lipinski definition) is 1. The van der Waals surface area contributed by atoms with Crippen molar-refractivity contribution in [3.63, 3.8) is 0 Å². The predicted octanol–water partition coefficient (Wildman–Crippen LogP) is 1.53. The summed E-state index contributed by atoms with van der Waals surface area (Å²) >= 11 is 0. The zero-order chi connectivity index (χ0) is 15.0. The molecule has 2 heterocycles. The summed E-state index contributed by atoms with van der Waals surface area (Å²) < 4.78 is 22.5. The first-order valence-corrected chi connectivity index (χ1v) is 6.86. The van der Waals surface area contributed by atoms with Crippen molar-refractivity contribution in [2.24, 2.45) is 0 Å². The van der Waals surface area contributed by atoms with E-state index in [1.807, 2.05) is 30.3 Å². The number of carboxylic acid groups (broad SMARTS) is 1. The van der Waals surface area contributed by atoms with Gasteiger partial charge in [0.2, 0.25) is 0 Å². The van der Waals surface area contributed by atoms with Gasteiger partial charge in [-0.05, 0) is 19.4 Å². The Bertz CT molecular complexity index is 514. The molecule has 0 aromatic heterocycles. The summed E-state index contributed by atoms with van der Waals surface area (Å²) in [7, 11) is 0. The predicted molar refractivity (Wildman–Crippen MR) is 71.4 cm³/mol. The normalized spacial score (nSPS) is 33.8. The Labute approximate surface area is 122 Å². The van der Waals surface area contributed by atoms with E-state index in [2.05, 4.69) is 0 Å². The molecule has 2 fully saturated rings. The standard InChI is InChI=1S/C15H18O6/c1-15(2)20-10-11(13(16)17)19-14(12(10)21-15)18-8-9-6-4-3-5-7-9/h3-7,10-12,14H,8H2,1-2H3,(H,16,17). The van der Waals surface area contributed by atoms with E-state index in [0.29, 0.717) is 6.61 Å². The fourth-order valence-electron chi connectivity index (χ4n) is 2.65. The van der Waals surface area contributed by atoms with Gasteiger partial charge in [0, 0.05) is 0 Å². The molecule has 2 aliphatic heterocycles. The summed E-state index contributed by atoms with van der Waals surface area (Å²) in [6, 6.07) is 9.60. The van der Waals surface area contributed by atoms with E-state index < -0.39 is 36.4 Å². The highest BCUT2D eigenvalue weighted by Gasteiger charge is 2.58. The van der Waals surface area contributed by atoms with Gasteiger partial charge < -0.3 is 24.1 Å². The average molecular weight is 294 g/mol. The molecule has 0 saturated carbocycles. The monoisotopic (exact) mass is 294 g/mol. The maximum atomic E-state index is 11.3. The Morgan fingerprint density at radius 3 is 2.57 bits per heavy atom. The molecule has 1 N–H and O–H groups in total. The minimum atomic E-state index is -1.07. The van der Waals surface area contributed by atoms with Crippen molar-refractivity contribution >= 4 is 5.97 Å². The van der Waals surface area contributed by atoms with E-state index >= 15 is 0 Å². The number of aliphatic carboxylic acids is 1. The Kier molecular flexibility index (Phi) is 3.71. The molecule has 2 saturated heterocycles. The lowest BCUT2D eigenvalue weighted by atomic mass is 10.1. The van der Waals surface area contributed by atoms with Crippen LogP contribution in [0.15, 0.2) is 30.3 Å². The first-order valence-electron chi connectivity index (χ1n) is 6.86. The van der Waals surface area contributed by atoms with Gasteiger partial charge in [0.25, 0.3) is 0 Å². The van der Waals surface area contributed by atoms with Crippen molar-refractivity contribution in [3.05, 3.63) is 35.9 Å². The lowest BCUT2D eigenvalue weighted by Gasteiger charge is -2.23. The summed E-state index contributed by atoms with van der Waals surface area (Å²) in [5, 5.41) is 9.22. The number of carbonyl (C=O) groups is 1. The van der Waals surface area contributed by atoms with Gasteiger partial charge in [0.05, 0.1) is 6.61 Å². The van der Waals surface area contributed by atoms with E-state index in [1.165, 1.54) is 0 Å². The van der Waals surface area contributed by atoms with Crippen LogP contribution in [0, 0.1) is 0 Å². The second-order valence-electron chi connectivity index (χ2n) is 5.62. The van der Waals surface area contributed by atoms with Gasteiger partial charge in [-0.15, -0.1) is 0 Å². The summed E-state index contributed by atoms with van der Waals surface area (Å²) in [5.41, 5.74) is 0.981. The van der Waals surface area contributed by atoms with Gasteiger partial charge in [-0.2, -0.15) is 0 Å². The van der Waals surface area contributed by atoms with Crippen molar-refractivity contribution in [2.45, 2.75) is 50.8 Å². The molecule has 1 aromatic rings. The van der Waals surface area contributed by atoms with Crippen LogP contribution in [0.2, 0.25) is 0 Å². The molecule has 1 aromatic carbocycles. The highest BCUT2D eigenvalue weighted by molar-refractivity contribution is 5.73. The highest BCUT2D eigenvalue weighted by Crippen LogP contribution is 2.39. The topological polar surface area (TPSA) is 74.2 Å². The SMILES string of the molecule is CC1(C)OC2C(OCc3ccccc3)OC(C(=O)O)C2O1. The van der Waals surface area contributed by atoms with Crippen molar-refractivity contribution in [2.75, 3.05) is 0 Å². The van der Waals surface area contributed by atoms with Crippen molar-refractivity contribution < 1.29 is 28.8 Å². The molecule has 0 aliphatic carbocycles. The minimum Gasteiger partial charge on any atom is -0.479 e. The van der Waals surface area contributed by atoms with Crippen LogP contribution in [0.4, 0.5) is 0 Å². The van der Waals surface area contributed by atoms with Crippen LogP contribution in [0.1, 0.15) is 19.4 Å². The molecule has 21 heavy (non-hydrogen) atoms. The average Bonchev–Trinajstić information content (AvgIpc) is 2.91. The maximum Gasteiger partial charge on any atom is 0.335 e. The Hall–Kier alpha value is -1.47. The molecule has 3 rings (SSSR count). The number of carboxylic acids is 1. The molecule has 4 atom stereocenters. The molecule has 0 spiro atoms. The fourth-order valence-corrected chi connectivity index (χ4v) is 2.65. The second-order valence-corrected chi connectivity index (χ2v) is 5.62. The number of benzene rings is 1. The smallest absolute Gasteiger partial charge is 0.335 e. The molecule has 2 aliphatic rings. The number of fused-ring (bicyclic) bond motifs is 1. The summed E-state index contributed by atoms with van der Waals surface area (Å²) in [6.45, 7) is 3.82. The molecule has 0 amide bonds. The van der Waals surface area contributed by atoms with Crippen LogP contribution in [-0.4, -0.2) is 41.5 Å². The van der Waals surface area contributed by atoms with Gasteiger partial charge in [0.15, 0.2) is 18.2 Å². The molecular formula is C15H18O6. The Morgan fingerprint density at radius 2 is 1.90 bits per heavy atom. The largest absolute Gasteiger partial charge is 0.479 e. The summed E-state index contributed by atoms with van der Waals surface area (Å²) in [4.78, 5) is 11.3. The fraction of sp³-hybridized carbons (Fsp3) is 0.533. The van der Waals surface area contributed by atoms with Gasteiger partial charge >= 0.3 is 5.97 Å². The molecule has 6 heteroatoms. The Morgan fingerprint density at radius 1 is 1.24 bits per heavy atom. The highest BCUT2D eigenvalue weighted by atomic mass is 16.8. The van der Waals surface area contributed by atoms with Gasteiger partial charge in [-0.3, -0.25) is 0 Å². The van der Waals surface area contributed by atoms with Crippen LogP contribution >= 0.6 is 0 Å². The van der Waals surface area contributed by atoms with E-state index in [0.717, 1.165) is 5.56 Å². The number of rotatable bonds is 4. The number of hydrogen-bond acceptors (Lipinski definition) is 5. The summed E-state index contributed by atoms with van der Waals surface area (Å²) in [5.74, 6) is -1.90. The van der Waals surface area contributed by atoms with Crippen LogP contribution in [0.3, 0.4) is 0 Å². The third-order valence-corrected chi connectivity index (χ3v) is 3.51. The van der Waals surface area contributed by atoms with Crippen molar-refractivity contribution in [3.8, 4) is 0 Å². The third-order valence-electron chi connectivity index (χ3n) is 3.51. The Balaban J connectivity index is 1.69. The number of ether oxygens (including phenoxy) is 4. The maximum absolute atomic E-state index is 11.3. The first-order chi connectivity index (χ1) is 9.96. The third kappa shape index (κ3) is 2.94. The van der Waals surface area contributed by atoms with Crippen LogP contribution < -0.4 is 0 Å². The van der Waals surface area contributed by atoms with E-state index in [9.17, 15) is 9.90 Å². The zero-order valence-corrected chi connectivity index (χ0v) is 11.9. The second kappa shape index (κ2) is 5.38. The van der Waals surface area contributed by atoms with E-state index in [4.69, 9.17) is 18.9 Å². The van der Waals surface area contributed by atoms with Gasteiger partial charge in [-0.25, -0.2) is 4.79 Å². The van der Waals surface area contributed by atoms with E-state index in [1.54, 1.807) is 13.8 Å². The van der Waals surface area contributed by atoms with Gasteiger partial charge in [-0.1, -0.05) is 30.3 Å².